The second-order valence-electron chi connectivity index (χ2n) is 3.64. The second-order valence-corrected chi connectivity index (χ2v) is 5.93. The zero-order chi connectivity index (χ0) is 12.3. The molecule has 0 atom stereocenters. The molecule has 2 aromatic heterocycles. The minimum Gasteiger partial charge on any atom is -0.355 e. The molecule has 3 N–H and O–H groups in total. The number of nitrogens with zero attached hydrogens (tertiary/aromatic N) is 2. The van der Waals surface area contributed by atoms with Crippen molar-refractivity contribution in [3.63, 3.8) is 0 Å². The minimum absolute atomic E-state index is 0.667. The molecule has 0 bridgehead atoms. The van der Waals surface area contributed by atoms with E-state index in [-0.39, 0.29) is 0 Å². The van der Waals surface area contributed by atoms with Gasteiger partial charge in [-0.25, -0.2) is 10.8 Å². The number of thiophene rings is 1. The summed E-state index contributed by atoms with van der Waals surface area (Å²) in [5.74, 6) is 6.90. The van der Waals surface area contributed by atoms with E-state index in [0.717, 1.165) is 16.1 Å². The van der Waals surface area contributed by atoms with Gasteiger partial charge in [-0.3, -0.25) is 0 Å². The Balaban J connectivity index is 2.11. The number of anilines is 2. The number of nitrogens with one attached hydrogen (secondary N) is 1. The summed E-state index contributed by atoms with van der Waals surface area (Å²) in [6.45, 7) is 0.823. The van der Waals surface area contributed by atoms with E-state index in [9.17, 15) is 0 Å². The number of nitrogens with two attached hydrogens (primary N) is 1. The molecular formula is C11H13BrN4S. The van der Waals surface area contributed by atoms with Crippen LogP contribution in [0.15, 0.2) is 33.4 Å². The molecular weight excluding hydrogens is 300 g/mol. The van der Waals surface area contributed by atoms with Crippen LogP contribution in [0.5, 0.6) is 0 Å². The Morgan fingerprint density at radius 3 is 3.00 bits per heavy atom. The van der Waals surface area contributed by atoms with Crippen LogP contribution < -0.4 is 16.2 Å². The van der Waals surface area contributed by atoms with Crippen molar-refractivity contribution >= 4 is 38.9 Å². The highest BCUT2D eigenvalue weighted by atomic mass is 79.9. The standard InChI is InChI=1S/C11H13BrN4S/c1-16(6-8-5-9(12)17-7-8)11-4-2-3-10(14-11)15-13/h2-5,7H,6,13H2,1H3,(H,14,15). The lowest BCUT2D eigenvalue weighted by Gasteiger charge is -2.17. The number of pyridine rings is 1. The molecule has 0 aromatic carbocycles. The summed E-state index contributed by atoms with van der Waals surface area (Å²) in [6, 6.07) is 7.84. The van der Waals surface area contributed by atoms with Crippen LogP contribution >= 0.6 is 27.3 Å². The number of hydrogen-bond acceptors (Lipinski definition) is 5. The molecule has 2 aromatic rings. The molecule has 2 rings (SSSR count). The van der Waals surface area contributed by atoms with E-state index in [1.165, 1.54) is 5.56 Å². The van der Waals surface area contributed by atoms with E-state index >= 15 is 0 Å². The summed E-state index contributed by atoms with van der Waals surface area (Å²) in [7, 11) is 2.01. The summed E-state index contributed by atoms with van der Waals surface area (Å²) in [5.41, 5.74) is 3.81. The van der Waals surface area contributed by atoms with Gasteiger partial charge in [0.05, 0.1) is 3.79 Å². The maximum absolute atomic E-state index is 5.34. The molecule has 0 radical (unpaired) electrons. The van der Waals surface area contributed by atoms with Crippen molar-refractivity contribution in [3.8, 4) is 0 Å². The summed E-state index contributed by atoms with van der Waals surface area (Å²) in [5, 5.41) is 2.13. The first-order chi connectivity index (χ1) is 8.19. The number of hydrazine groups is 1. The van der Waals surface area contributed by atoms with E-state index in [2.05, 4.69) is 42.7 Å². The van der Waals surface area contributed by atoms with Gasteiger partial charge in [0, 0.05) is 13.6 Å². The van der Waals surface area contributed by atoms with Crippen molar-refractivity contribution in [2.75, 3.05) is 17.4 Å². The molecule has 17 heavy (non-hydrogen) atoms. The van der Waals surface area contributed by atoms with Gasteiger partial charge in [-0.15, -0.1) is 11.3 Å². The lowest BCUT2D eigenvalue weighted by atomic mass is 10.3. The lowest BCUT2D eigenvalue weighted by molar-refractivity contribution is 0.901. The van der Waals surface area contributed by atoms with Crippen molar-refractivity contribution < 1.29 is 0 Å². The summed E-state index contributed by atoms with van der Waals surface area (Å²) in [6.07, 6.45) is 0. The van der Waals surface area contributed by atoms with Crippen LogP contribution in [0, 0.1) is 0 Å². The maximum Gasteiger partial charge on any atom is 0.142 e. The average molecular weight is 313 g/mol. The quantitative estimate of drug-likeness (QED) is 0.673. The molecule has 0 saturated heterocycles. The monoisotopic (exact) mass is 312 g/mol. The SMILES string of the molecule is CN(Cc1csc(Br)c1)c1cccc(NN)n1. The average Bonchev–Trinajstić information content (AvgIpc) is 2.75. The highest BCUT2D eigenvalue weighted by Gasteiger charge is 2.05. The fraction of sp³-hybridized carbons (Fsp3) is 0.182. The molecule has 0 fully saturated rings. The normalized spacial score (nSPS) is 10.3. The molecule has 0 spiro atoms. The van der Waals surface area contributed by atoms with Crippen molar-refractivity contribution in [2.45, 2.75) is 6.54 Å². The zero-order valence-corrected chi connectivity index (χ0v) is 11.8. The molecule has 2 heterocycles. The maximum atomic E-state index is 5.34. The van der Waals surface area contributed by atoms with Crippen molar-refractivity contribution in [1.82, 2.24) is 4.98 Å². The number of hydrogen-bond donors (Lipinski definition) is 2. The van der Waals surface area contributed by atoms with Gasteiger partial charge >= 0.3 is 0 Å². The minimum atomic E-state index is 0.667. The second kappa shape index (κ2) is 5.48. The topological polar surface area (TPSA) is 54.2 Å². The predicted molar refractivity (Wildman–Crippen MR) is 76.2 cm³/mol. The smallest absolute Gasteiger partial charge is 0.142 e. The molecule has 90 valence electrons. The van der Waals surface area contributed by atoms with E-state index in [4.69, 9.17) is 5.84 Å². The third kappa shape index (κ3) is 3.18. The summed E-state index contributed by atoms with van der Waals surface area (Å²) < 4.78 is 1.14. The fourth-order valence-corrected chi connectivity index (χ4v) is 2.70. The van der Waals surface area contributed by atoms with E-state index < -0.39 is 0 Å². The van der Waals surface area contributed by atoms with Crippen LogP contribution in [0.4, 0.5) is 11.6 Å². The van der Waals surface area contributed by atoms with Crippen LogP contribution in [-0.4, -0.2) is 12.0 Å². The Kier molecular flexibility index (Phi) is 3.98. The van der Waals surface area contributed by atoms with Crippen LogP contribution in [0.1, 0.15) is 5.56 Å². The number of nitrogen functional groups attached to an aromatic ring is 1. The highest BCUT2D eigenvalue weighted by Crippen LogP contribution is 2.23. The summed E-state index contributed by atoms with van der Waals surface area (Å²) in [4.78, 5) is 6.45. The molecule has 0 aliphatic heterocycles. The van der Waals surface area contributed by atoms with Gasteiger partial charge in [0.2, 0.25) is 0 Å². The van der Waals surface area contributed by atoms with Gasteiger partial charge < -0.3 is 10.3 Å². The number of aromatic nitrogens is 1. The predicted octanol–water partition coefficient (Wildman–Crippen LogP) is 2.83. The molecule has 0 aliphatic carbocycles. The molecule has 0 saturated carbocycles. The van der Waals surface area contributed by atoms with E-state index in [0.29, 0.717) is 5.82 Å². The van der Waals surface area contributed by atoms with Gasteiger partial charge in [-0.05, 0) is 45.1 Å². The Morgan fingerprint density at radius 2 is 2.35 bits per heavy atom. The Bertz CT molecular complexity index is 500. The first-order valence-electron chi connectivity index (χ1n) is 5.07. The van der Waals surface area contributed by atoms with Crippen LogP contribution in [0.3, 0.4) is 0 Å². The Labute approximate surface area is 113 Å². The summed E-state index contributed by atoms with van der Waals surface area (Å²) >= 11 is 5.15. The first kappa shape index (κ1) is 12.3. The van der Waals surface area contributed by atoms with Crippen molar-refractivity contribution in [2.24, 2.45) is 5.84 Å². The van der Waals surface area contributed by atoms with Crippen LogP contribution in [-0.2, 0) is 6.54 Å². The van der Waals surface area contributed by atoms with E-state index in [1.54, 1.807) is 11.3 Å². The highest BCUT2D eigenvalue weighted by molar-refractivity contribution is 9.11. The van der Waals surface area contributed by atoms with Gasteiger partial charge in [-0.2, -0.15) is 0 Å². The molecule has 0 unspecified atom stereocenters. The van der Waals surface area contributed by atoms with Crippen molar-refractivity contribution in [1.29, 1.82) is 0 Å². The molecule has 4 nitrogen and oxygen atoms in total. The van der Waals surface area contributed by atoms with Crippen LogP contribution in [0.2, 0.25) is 0 Å². The van der Waals surface area contributed by atoms with Gasteiger partial charge in [0.15, 0.2) is 0 Å². The fourth-order valence-electron chi connectivity index (χ4n) is 1.50. The van der Waals surface area contributed by atoms with Crippen molar-refractivity contribution in [3.05, 3.63) is 39.0 Å². The molecule has 0 amide bonds. The number of halogens is 1. The van der Waals surface area contributed by atoms with Gasteiger partial charge in [0.1, 0.15) is 11.6 Å². The third-order valence-corrected chi connectivity index (χ3v) is 3.87. The first-order valence-corrected chi connectivity index (χ1v) is 6.74. The third-order valence-electron chi connectivity index (χ3n) is 2.31. The Morgan fingerprint density at radius 1 is 1.53 bits per heavy atom. The number of rotatable bonds is 4. The Hall–Kier alpha value is -1.11. The van der Waals surface area contributed by atoms with Gasteiger partial charge in [0.25, 0.3) is 0 Å². The molecule has 0 aliphatic rings. The largest absolute Gasteiger partial charge is 0.355 e. The zero-order valence-electron chi connectivity index (χ0n) is 9.35. The van der Waals surface area contributed by atoms with Crippen LogP contribution in [0.25, 0.3) is 0 Å². The van der Waals surface area contributed by atoms with E-state index in [1.807, 2.05) is 25.2 Å². The van der Waals surface area contributed by atoms with Gasteiger partial charge in [-0.1, -0.05) is 6.07 Å². The molecule has 6 heteroatoms. The lowest BCUT2D eigenvalue weighted by Crippen LogP contribution is -2.18.